The first kappa shape index (κ1) is 41.8. The monoisotopic (exact) mass is 694 g/mol. The van der Waals surface area contributed by atoms with Gasteiger partial charge >= 0.3 is 6.09 Å². The molecule has 2 rings (SSSR count). The predicted octanol–water partition coefficient (Wildman–Crippen LogP) is 7.16. The highest BCUT2D eigenvalue weighted by molar-refractivity contribution is 6.74. The summed E-state index contributed by atoms with van der Waals surface area (Å²) in [5, 5.41) is 16.1. The highest BCUT2D eigenvalue weighted by Crippen LogP contribution is 2.40. The van der Waals surface area contributed by atoms with Crippen molar-refractivity contribution in [1.29, 1.82) is 0 Å². The van der Waals surface area contributed by atoms with E-state index in [2.05, 4.69) is 79.1 Å². The lowest BCUT2D eigenvalue weighted by molar-refractivity contribution is -0.132. The van der Waals surface area contributed by atoms with E-state index in [-0.39, 0.29) is 40.0 Å². The van der Waals surface area contributed by atoms with E-state index >= 15 is 0 Å². The van der Waals surface area contributed by atoms with Crippen molar-refractivity contribution < 1.29 is 38.1 Å². The zero-order valence-electron chi connectivity index (χ0n) is 31.9. The van der Waals surface area contributed by atoms with Gasteiger partial charge in [-0.15, -0.1) is 0 Å². The molecule has 1 saturated heterocycles. The Morgan fingerprint density at radius 1 is 1.02 bits per heavy atom. The lowest BCUT2D eigenvalue weighted by atomic mass is 9.80. The number of rotatable bonds is 21. The smallest absolute Gasteiger partial charge is 0.404 e. The first-order valence-corrected chi connectivity index (χ1v) is 20.5. The molecule has 1 aromatic carbocycles. The molecule has 2 amide bonds. The normalized spacial score (nSPS) is 17.3. The molecule has 0 aromatic heterocycles. The van der Waals surface area contributed by atoms with Gasteiger partial charge < -0.3 is 39.1 Å². The minimum atomic E-state index is -2.37. The zero-order valence-corrected chi connectivity index (χ0v) is 32.9. The number of methoxy groups -OCH3 is 2. The number of ether oxygens (including phenoxy) is 4. The first-order valence-electron chi connectivity index (χ1n) is 17.6. The average molecular weight is 695 g/mol. The van der Waals surface area contributed by atoms with Crippen molar-refractivity contribution in [1.82, 2.24) is 10.6 Å². The molecule has 0 spiro atoms. The Balaban J connectivity index is 2.43. The van der Waals surface area contributed by atoms with E-state index < -0.39 is 26.6 Å². The number of carbonyl (C=O) groups is 2. The van der Waals surface area contributed by atoms with E-state index in [1.54, 1.807) is 14.2 Å². The fraction of sp³-hybridized carbons (Fsp3) is 0.784. The van der Waals surface area contributed by atoms with Crippen LogP contribution in [0.25, 0.3) is 0 Å². The highest BCUT2D eigenvalue weighted by Gasteiger charge is 2.43. The summed E-state index contributed by atoms with van der Waals surface area (Å²) in [6.07, 6.45) is 0.878. The molecule has 4 atom stereocenters. The quantitative estimate of drug-likeness (QED) is 0.0915. The third-order valence-corrected chi connectivity index (χ3v) is 14.7. The number of carboxylic acid groups (broad SMARTS) is 1. The van der Waals surface area contributed by atoms with Crippen molar-refractivity contribution in [2.45, 2.75) is 111 Å². The molecule has 0 saturated carbocycles. The Labute approximate surface area is 291 Å². The van der Waals surface area contributed by atoms with Gasteiger partial charge in [0.15, 0.2) is 19.8 Å². The molecule has 1 aromatic rings. The Bertz CT molecular complexity index is 1150. The molecule has 0 bridgehead atoms. The number of benzene rings is 1. The first-order chi connectivity index (χ1) is 22.3. The van der Waals surface area contributed by atoms with Crippen LogP contribution in [0.4, 0.5) is 4.79 Å². The van der Waals surface area contributed by atoms with Crippen LogP contribution in [0, 0.1) is 29.1 Å². The fourth-order valence-corrected chi connectivity index (χ4v) is 7.17. The van der Waals surface area contributed by atoms with Gasteiger partial charge in [-0.25, -0.2) is 4.79 Å². The van der Waals surface area contributed by atoms with Gasteiger partial charge in [0.2, 0.25) is 5.91 Å². The van der Waals surface area contributed by atoms with Crippen LogP contribution in [-0.4, -0.2) is 84.8 Å². The van der Waals surface area contributed by atoms with Gasteiger partial charge in [0.25, 0.3) is 0 Å². The maximum absolute atomic E-state index is 13.7. The Morgan fingerprint density at radius 2 is 1.69 bits per heavy atom. The van der Waals surface area contributed by atoms with Crippen LogP contribution >= 0.6 is 0 Å². The van der Waals surface area contributed by atoms with Crippen molar-refractivity contribution in [2.24, 2.45) is 29.1 Å². The van der Waals surface area contributed by atoms with Crippen molar-refractivity contribution in [3.8, 4) is 11.5 Å². The molecule has 3 N–H and O–H groups in total. The van der Waals surface area contributed by atoms with E-state index in [0.717, 1.165) is 18.4 Å². The topological polar surface area (TPSA) is 125 Å². The Hall–Kier alpha value is -2.34. The van der Waals surface area contributed by atoms with E-state index in [1.807, 2.05) is 18.2 Å². The number of nitrogens with one attached hydrogen (secondary N) is 2. The summed E-state index contributed by atoms with van der Waals surface area (Å²) in [6.45, 7) is 24.4. The molecular formula is C37H66N2O8Si. The van der Waals surface area contributed by atoms with Crippen LogP contribution in [0.15, 0.2) is 18.2 Å². The van der Waals surface area contributed by atoms with Gasteiger partial charge in [-0.05, 0) is 72.8 Å². The molecule has 276 valence electrons. The van der Waals surface area contributed by atoms with Crippen molar-refractivity contribution in [3.05, 3.63) is 23.8 Å². The summed E-state index contributed by atoms with van der Waals surface area (Å²) in [5.74, 6) is 1.39. The van der Waals surface area contributed by atoms with Crippen LogP contribution in [-0.2, 0) is 25.1 Å². The summed E-state index contributed by atoms with van der Waals surface area (Å²) < 4.78 is 29.3. The number of amides is 2. The Kier molecular flexibility index (Phi) is 16.2. The van der Waals surface area contributed by atoms with Gasteiger partial charge in [0, 0.05) is 38.0 Å². The maximum atomic E-state index is 13.7. The van der Waals surface area contributed by atoms with Crippen LogP contribution in [0.2, 0.25) is 18.1 Å². The van der Waals surface area contributed by atoms with Gasteiger partial charge in [0.1, 0.15) is 0 Å². The minimum absolute atomic E-state index is 0.0206. The third-order valence-electron chi connectivity index (χ3n) is 10.2. The standard InChI is InChI=1S/C37H66N2O8Si/c1-25(2)28(18-27-14-15-31(44-10)33(19-27)46-17-13-16-43-9)20-30(39-35(41)42)32(47-48(11,12)36(5,6)7)21-29(26(3)4)34(40)38-22-37(8)23-45-24-37/h14-15,19,25-26,28-30,32,39H,13,16-18,20-24H2,1-12H3,(H,38,40)(H,41,42)/t28-,29-,30-,32-/m0/s1. The second-order valence-corrected chi connectivity index (χ2v) is 21.0. The van der Waals surface area contributed by atoms with E-state index in [0.29, 0.717) is 57.3 Å². The van der Waals surface area contributed by atoms with E-state index in [1.165, 1.54) is 0 Å². The SMILES string of the molecule is COCCCOc1cc(C[C@@H](C[C@H](NC(=O)O)[C@H](C[C@H](C(=O)NCC2(C)COC2)C(C)C)O[Si](C)(C)C(C)(C)C)C(C)C)ccc1OC. The maximum Gasteiger partial charge on any atom is 0.404 e. The van der Waals surface area contributed by atoms with Gasteiger partial charge in [-0.2, -0.15) is 0 Å². The summed E-state index contributed by atoms with van der Waals surface area (Å²) in [4.78, 5) is 26.1. The molecule has 0 aliphatic carbocycles. The van der Waals surface area contributed by atoms with Crippen molar-refractivity contribution in [2.75, 3.05) is 47.2 Å². The van der Waals surface area contributed by atoms with Crippen molar-refractivity contribution >= 4 is 20.3 Å². The highest BCUT2D eigenvalue weighted by atomic mass is 28.4. The van der Waals surface area contributed by atoms with E-state index in [4.69, 9.17) is 23.4 Å². The summed E-state index contributed by atoms with van der Waals surface area (Å²) in [7, 11) is 0.929. The molecule has 0 radical (unpaired) electrons. The molecule has 1 fully saturated rings. The number of hydrogen-bond acceptors (Lipinski definition) is 7. The largest absolute Gasteiger partial charge is 0.493 e. The molecule has 0 unspecified atom stereocenters. The lowest BCUT2D eigenvalue weighted by Gasteiger charge is -2.43. The fourth-order valence-electron chi connectivity index (χ4n) is 5.79. The van der Waals surface area contributed by atoms with Gasteiger partial charge in [0.05, 0.1) is 39.1 Å². The summed E-state index contributed by atoms with van der Waals surface area (Å²) in [6, 6.07) is 5.48. The van der Waals surface area contributed by atoms with E-state index in [9.17, 15) is 14.7 Å². The molecule has 1 heterocycles. The van der Waals surface area contributed by atoms with Crippen LogP contribution in [0.5, 0.6) is 11.5 Å². The summed E-state index contributed by atoms with van der Waals surface area (Å²) >= 11 is 0. The Morgan fingerprint density at radius 3 is 2.19 bits per heavy atom. The number of hydrogen-bond donors (Lipinski definition) is 3. The van der Waals surface area contributed by atoms with Crippen LogP contribution in [0.1, 0.15) is 80.2 Å². The molecule has 11 heteroatoms. The predicted molar refractivity (Wildman–Crippen MR) is 194 cm³/mol. The second-order valence-electron chi connectivity index (χ2n) is 16.2. The third kappa shape index (κ3) is 12.8. The van der Waals surface area contributed by atoms with Gasteiger partial charge in [-0.1, -0.05) is 61.5 Å². The average Bonchev–Trinajstić information content (AvgIpc) is 2.97. The molecule has 10 nitrogen and oxygen atoms in total. The van der Waals surface area contributed by atoms with Crippen molar-refractivity contribution in [3.63, 3.8) is 0 Å². The van der Waals surface area contributed by atoms with Gasteiger partial charge in [-0.3, -0.25) is 4.79 Å². The van der Waals surface area contributed by atoms with Crippen LogP contribution < -0.4 is 20.1 Å². The molecular weight excluding hydrogens is 628 g/mol. The lowest BCUT2D eigenvalue weighted by Crippen LogP contribution is -2.54. The molecule has 48 heavy (non-hydrogen) atoms. The second kappa shape index (κ2) is 18.6. The number of carbonyl (C=O) groups excluding carboxylic acids is 1. The minimum Gasteiger partial charge on any atom is -0.493 e. The van der Waals surface area contributed by atoms with Crippen LogP contribution in [0.3, 0.4) is 0 Å². The molecule has 1 aliphatic rings. The zero-order chi connectivity index (χ0) is 36.3. The summed E-state index contributed by atoms with van der Waals surface area (Å²) in [5.41, 5.74) is 1.03. The molecule has 1 aliphatic heterocycles.